The van der Waals surface area contributed by atoms with E-state index in [4.69, 9.17) is 0 Å². The normalized spacial score (nSPS) is 19.7. The predicted molar refractivity (Wildman–Crippen MR) is 92.4 cm³/mol. The number of hydrogen-bond acceptors (Lipinski definition) is 4. The summed E-state index contributed by atoms with van der Waals surface area (Å²) < 4.78 is 26.4. The van der Waals surface area contributed by atoms with E-state index in [-0.39, 0.29) is 10.8 Å². The first-order valence-electron chi connectivity index (χ1n) is 8.68. The van der Waals surface area contributed by atoms with Crippen LogP contribution in [0.2, 0.25) is 0 Å². The minimum absolute atomic E-state index is 0.153. The van der Waals surface area contributed by atoms with Crippen LogP contribution in [-0.4, -0.2) is 62.8 Å². The summed E-state index contributed by atoms with van der Waals surface area (Å²) in [6, 6.07) is 6.24. The van der Waals surface area contributed by atoms with Gasteiger partial charge < -0.3 is 10.2 Å². The van der Waals surface area contributed by atoms with Crippen LogP contribution in [0.3, 0.4) is 0 Å². The number of nitrogens with zero attached hydrogens (tertiary/aromatic N) is 2. The van der Waals surface area contributed by atoms with Gasteiger partial charge in [-0.2, -0.15) is 4.31 Å². The number of carbonyl (C=O) groups is 1. The van der Waals surface area contributed by atoms with Gasteiger partial charge in [0.2, 0.25) is 10.0 Å². The highest BCUT2D eigenvalue weighted by atomic mass is 32.2. The average Bonchev–Trinajstić information content (AvgIpc) is 3.29. The molecule has 1 aromatic carbocycles. The largest absolute Gasteiger partial charge is 0.351 e. The minimum atomic E-state index is -3.41. The van der Waals surface area contributed by atoms with Gasteiger partial charge >= 0.3 is 0 Å². The van der Waals surface area contributed by atoms with E-state index in [0.717, 1.165) is 32.5 Å². The number of benzene rings is 1. The van der Waals surface area contributed by atoms with Gasteiger partial charge in [-0.05, 0) is 63.0 Å². The van der Waals surface area contributed by atoms with Gasteiger partial charge in [0.15, 0.2) is 0 Å². The summed E-state index contributed by atoms with van der Waals surface area (Å²) in [6.45, 7) is 4.87. The first-order valence-corrected chi connectivity index (χ1v) is 10.1. The van der Waals surface area contributed by atoms with Crippen molar-refractivity contribution in [2.75, 3.05) is 39.3 Å². The van der Waals surface area contributed by atoms with Crippen molar-refractivity contribution in [3.8, 4) is 0 Å². The SMILES string of the molecule is O=C(NCCN1CCCC1)c1ccc(S(=O)(=O)N2CCCC2)cc1. The highest BCUT2D eigenvalue weighted by Crippen LogP contribution is 2.21. The van der Waals surface area contributed by atoms with E-state index in [1.54, 1.807) is 12.1 Å². The Kier molecular flexibility index (Phi) is 5.53. The number of nitrogens with one attached hydrogen (secondary N) is 1. The number of likely N-dealkylation sites (tertiary alicyclic amines) is 1. The first-order chi connectivity index (χ1) is 11.6. The van der Waals surface area contributed by atoms with Crippen molar-refractivity contribution in [1.29, 1.82) is 0 Å². The highest BCUT2D eigenvalue weighted by Gasteiger charge is 2.27. The molecular formula is C17H25N3O3S. The third-order valence-electron chi connectivity index (χ3n) is 4.73. The topological polar surface area (TPSA) is 69.7 Å². The Hall–Kier alpha value is -1.44. The number of sulfonamides is 1. The van der Waals surface area contributed by atoms with Crippen LogP contribution in [0, 0.1) is 0 Å². The summed E-state index contributed by atoms with van der Waals surface area (Å²) in [5, 5.41) is 2.90. The van der Waals surface area contributed by atoms with E-state index >= 15 is 0 Å². The number of hydrogen-bond donors (Lipinski definition) is 1. The molecule has 2 aliphatic heterocycles. The molecule has 24 heavy (non-hydrogen) atoms. The standard InChI is InChI=1S/C17H25N3O3S/c21-17(18-9-14-19-10-1-2-11-19)15-5-7-16(8-6-15)24(22,23)20-12-3-4-13-20/h5-8H,1-4,9-14H2,(H,18,21). The van der Waals surface area contributed by atoms with Crippen LogP contribution >= 0.6 is 0 Å². The van der Waals surface area contributed by atoms with Crippen molar-refractivity contribution in [1.82, 2.24) is 14.5 Å². The molecule has 2 fully saturated rings. The summed E-state index contributed by atoms with van der Waals surface area (Å²) >= 11 is 0. The third-order valence-corrected chi connectivity index (χ3v) is 6.64. The van der Waals surface area contributed by atoms with Gasteiger partial charge in [0.05, 0.1) is 4.90 Å². The van der Waals surface area contributed by atoms with Gasteiger partial charge in [-0.25, -0.2) is 8.42 Å². The lowest BCUT2D eigenvalue weighted by molar-refractivity contribution is 0.0949. The second-order valence-electron chi connectivity index (χ2n) is 6.44. The molecule has 0 saturated carbocycles. The smallest absolute Gasteiger partial charge is 0.251 e. The van der Waals surface area contributed by atoms with E-state index in [1.165, 1.54) is 29.3 Å². The molecular weight excluding hydrogens is 326 g/mol. The van der Waals surface area contributed by atoms with Crippen molar-refractivity contribution in [3.63, 3.8) is 0 Å². The lowest BCUT2D eigenvalue weighted by Crippen LogP contribution is -2.33. The second-order valence-corrected chi connectivity index (χ2v) is 8.38. The van der Waals surface area contributed by atoms with Crippen LogP contribution < -0.4 is 5.32 Å². The molecule has 2 aliphatic rings. The number of rotatable bonds is 6. The van der Waals surface area contributed by atoms with Crippen LogP contribution in [0.5, 0.6) is 0 Å². The van der Waals surface area contributed by atoms with Gasteiger partial charge in [0.25, 0.3) is 5.91 Å². The molecule has 132 valence electrons. The second kappa shape index (κ2) is 7.63. The van der Waals surface area contributed by atoms with E-state index in [9.17, 15) is 13.2 Å². The van der Waals surface area contributed by atoms with Crippen molar-refractivity contribution in [2.24, 2.45) is 0 Å². The zero-order chi connectivity index (χ0) is 17.0. The van der Waals surface area contributed by atoms with Crippen molar-refractivity contribution in [3.05, 3.63) is 29.8 Å². The van der Waals surface area contributed by atoms with Crippen LogP contribution in [-0.2, 0) is 10.0 Å². The molecule has 2 heterocycles. The van der Waals surface area contributed by atoms with E-state index in [2.05, 4.69) is 10.2 Å². The Morgan fingerprint density at radius 2 is 1.54 bits per heavy atom. The zero-order valence-electron chi connectivity index (χ0n) is 13.9. The molecule has 7 heteroatoms. The van der Waals surface area contributed by atoms with Crippen LogP contribution in [0.15, 0.2) is 29.2 Å². The van der Waals surface area contributed by atoms with Gasteiger partial charge in [-0.3, -0.25) is 4.79 Å². The third kappa shape index (κ3) is 3.96. The molecule has 1 N–H and O–H groups in total. The Labute approximate surface area is 143 Å². The molecule has 0 spiro atoms. The van der Waals surface area contributed by atoms with Gasteiger partial charge in [-0.15, -0.1) is 0 Å². The minimum Gasteiger partial charge on any atom is -0.351 e. The van der Waals surface area contributed by atoms with Gasteiger partial charge in [-0.1, -0.05) is 0 Å². The van der Waals surface area contributed by atoms with Gasteiger partial charge in [0, 0.05) is 31.7 Å². The molecule has 2 saturated heterocycles. The zero-order valence-corrected chi connectivity index (χ0v) is 14.7. The quantitative estimate of drug-likeness (QED) is 0.839. The molecule has 3 rings (SSSR count). The number of amides is 1. The summed E-state index contributed by atoms with van der Waals surface area (Å²) in [7, 11) is -3.41. The maximum Gasteiger partial charge on any atom is 0.251 e. The fourth-order valence-electron chi connectivity index (χ4n) is 3.29. The molecule has 0 atom stereocenters. The van der Waals surface area contributed by atoms with E-state index < -0.39 is 10.0 Å². The summed E-state index contributed by atoms with van der Waals surface area (Å²) in [6.07, 6.45) is 4.30. The Balaban J connectivity index is 1.56. The Morgan fingerprint density at radius 3 is 2.17 bits per heavy atom. The van der Waals surface area contributed by atoms with E-state index in [0.29, 0.717) is 25.2 Å². The monoisotopic (exact) mass is 351 g/mol. The Morgan fingerprint density at radius 1 is 0.958 bits per heavy atom. The maximum atomic E-state index is 12.5. The van der Waals surface area contributed by atoms with E-state index in [1.807, 2.05) is 0 Å². The number of carbonyl (C=O) groups excluding carboxylic acids is 1. The summed E-state index contributed by atoms with van der Waals surface area (Å²) in [5.74, 6) is -0.153. The molecule has 0 unspecified atom stereocenters. The molecule has 0 bridgehead atoms. The average molecular weight is 351 g/mol. The molecule has 1 aromatic rings. The lowest BCUT2D eigenvalue weighted by Gasteiger charge is -2.16. The first kappa shape index (κ1) is 17.4. The highest BCUT2D eigenvalue weighted by molar-refractivity contribution is 7.89. The van der Waals surface area contributed by atoms with Crippen LogP contribution in [0.1, 0.15) is 36.0 Å². The van der Waals surface area contributed by atoms with Crippen molar-refractivity contribution < 1.29 is 13.2 Å². The fourth-order valence-corrected chi connectivity index (χ4v) is 4.81. The maximum absolute atomic E-state index is 12.5. The molecule has 0 aliphatic carbocycles. The fraction of sp³-hybridized carbons (Fsp3) is 0.588. The summed E-state index contributed by atoms with van der Waals surface area (Å²) in [5.41, 5.74) is 0.497. The van der Waals surface area contributed by atoms with Crippen molar-refractivity contribution >= 4 is 15.9 Å². The lowest BCUT2D eigenvalue weighted by atomic mass is 10.2. The molecule has 0 radical (unpaired) electrons. The predicted octanol–water partition coefficient (Wildman–Crippen LogP) is 1.30. The Bertz CT molecular complexity index is 661. The summed E-state index contributed by atoms with van der Waals surface area (Å²) in [4.78, 5) is 14.7. The van der Waals surface area contributed by atoms with Crippen LogP contribution in [0.4, 0.5) is 0 Å². The molecule has 0 aromatic heterocycles. The van der Waals surface area contributed by atoms with Crippen LogP contribution in [0.25, 0.3) is 0 Å². The molecule has 6 nitrogen and oxygen atoms in total. The van der Waals surface area contributed by atoms with Gasteiger partial charge in [0.1, 0.15) is 0 Å². The van der Waals surface area contributed by atoms with Crippen molar-refractivity contribution in [2.45, 2.75) is 30.6 Å². The molecule has 1 amide bonds.